The van der Waals surface area contributed by atoms with Crippen LogP contribution in [0.2, 0.25) is 0 Å². The highest BCUT2D eigenvalue weighted by molar-refractivity contribution is 7.88. The first kappa shape index (κ1) is 12.2. The molecule has 0 amide bonds. The highest BCUT2D eigenvalue weighted by Gasteiger charge is 2.02. The van der Waals surface area contributed by atoms with E-state index in [1.807, 2.05) is 31.2 Å². The SMILES string of the molecule is CC(N)c1ccc(CNS(C)(=O)=O)cc1. The predicted octanol–water partition coefficient (Wildman–Crippen LogP) is 0.756. The normalized spacial score (nSPS) is 13.8. The summed E-state index contributed by atoms with van der Waals surface area (Å²) in [4.78, 5) is 0. The molecule has 3 N–H and O–H groups in total. The Bertz CT molecular complexity index is 410. The number of hydrogen-bond acceptors (Lipinski definition) is 3. The monoisotopic (exact) mass is 228 g/mol. The molecule has 0 aliphatic rings. The molecular weight excluding hydrogens is 212 g/mol. The van der Waals surface area contributed by atoms with Crippen LogP contribution in [-0.4, -0.2) is 14.7 Å². The molecule has 0 bridgehead atoms. The van der Waals surface area contributed by atoms with Crippen molar-refractivity contribution >= 4 is 10.0 Å². The van der Waals surface area contributed by atoms with Gasteiger partial charge >= 0.3 is 0 Å². The molecule has 0 saturated heterocycles. The minimum absolute atomic E-state index is 0.00177. The lowest BCUT2D eigenvalue weighted by molar-refractivity contribution is 0.587. The van der Waals surface area contributed by atoms with E-state index in [0.29, 0.717) is 6.54 Å². The van der Waals surface area contributed by atoms with Crippen molar-refractivity contribution in [3.63, 3.8) is 0 Å². The van der Waals surface area contributed by atoms with Crippen molar-refractivity contribution in [2.45, 2.75) is 19.5 Å². The first-order valence-corrected chi connectivity index (χ1v) is 6.56. The zero-order chi connectivity index (χ0) is 11.5. The molecule has 0 saturated carbocycles. The molecule has 1 aromatic carbocycles. The average molecular weight is 228 g/mol. The molecule has 4 nitrogen and oxygen atoms in total. The summed E-state index contributed by atoms with van der Waals surface area (Å²) >= 11 is 0. The topological polar surface area (TPSA) is 72.2 Å². The second kappa shape index (κ2) is 4.74. The minimum Gasteiger partial charge on any atom is -0.324 e. The Morgan fingerprint density at radius 3 is 2.27 bits per heavy atom. The van der Waals surface area contributed by atoms with E-state index in [0.717, 1.165) is 17.4 Å². The van der Waals surface area contributed by atoms with Crippen molar-refractivity contribution in [3.05, 3.63) is 35.4 Å². The predicted molar refractivity (Wildman–Crippen MR) is 60.7 cm³/mol. The van der Waals surface area contributed by atoms with E-state index < -0.39 is 10.0 Å². The number of hydrogen-bond donors (Lipinski definition) is 2. The lowest BCUT2D eigenvalue weighted by atomic mass is 10.1. The summed E-state index contributed by atoms with van der Waals surface area (Å²) in [5.74, 6) is 0. The molecule has 0 aliphatic heterocycles. The Morgan fingerprint density at radius 2 is 1.87 bits per heavy atom. The smallest absolute Gasteiger partial charge is 0.209 e. The van der Waals surface area contributed by atoms with Gasteiger partial charge in [-0.1, -0.05) is 24.3 Å². The zero-order valence-electron chi connectivity index (χ0n) is 8.90. The summed E-state index contributed by atoms with van der Waals surface area (Å²) in [5.41, 5.74) is 7.66. The molecule has 0 radical (unpaired) electrons. The Kier molecular flexibility index (Phi) is 3.84. The van der Waals surface area contributed by atoms with Gasteiger partial charge in [0, 0.05) is 12.6 Å². The maximum atomic E-state index is 10.8. The van der Waals surface area contributed by atoms with Gasteiger partial charge in [0.25, 0.3) is 0 Å². The van der Waals surface area contributed by atoms with E-state index in [4.69, 9.17) is 5.73 Å². The number of benzene rings is 1. The van der Waals surface area contributed by atoms with Crippen molar-refractivity contribution in [1.29, 1.82) is 0 Å². The van der Waals surface area contributed by atoms with Crippen molar-refractivity contribution in [3.8, 4) is 0 Å². The standard InChI is InChI=1S/C10H16N2O2S/c1-8(11)10-5-3-9(4-6-10)7-12-15(2,13)14/h3-6,8,12H,7,11H2,1-2H3. The van der Waals surface area contributed by atoms with Gasteiger partial charge in [0.15, 0.2) is 0 Å². The van der Waals surface area contributed by atoms with Gasteiger partial charge < -0.3 is 5.73 Å². The van der Waals surface area contributed by atoms with E-state index in [1.54, 1.807) is 0 Å². The first-order chi connectivity index (χ1) is 6.88. The van der Waals surface area contributed by atoms with Crippen LogP contribution in [0.4, 0.5) is 0 Å². The molecule has 15 heavy (non-hydrogen) atoms. The van der Waals surface area contributed by atoms with Crippen molar-refractivity contribution in [2.24, 2.45) is 5.73 Å². The largest absolute Gasteiger partial charge is 0.324 e. The summed E-state index contributed by atoms with van der Waals surface area (Å²) in [6.07, 6.45) is 1.14. The van der Waals surface area contributed by atoms with Crippen molar-refractivity contribution < 1.29 is 8.42 Å². The van der Waals surface area contributed by atoms with E-state index in [9.17, 15) is 8.42 Å². The Balaban J connectivity index is 2.65. The highest BCUT2D eigenvalue weighted by Crippen LogP contribution is 2.10. The third kappa shape index (κ3) is 4.42. The molecule has 0 fully saturated rings. The van der Waals surface area contributed by atoms with Gasteiger partial charge in [0.2, 0.25) is 10.0 Å². The van der Waals surface area contributed by atoms with Crippen LogP contribution >= 0.6 is 0 Å². The van der Waals surface area contributed by atoms with E-state index in [1.165, 1.54) is 0 Å². The van der Waals surface area contributed by atoms with Crippen LogP contribution < -0.4 is 10.5 Å². The van der Waals surface area contributed by atoms with Gasteiger partial charge in [-0.3, -0.25) is 0 Å². The third-order valence-corrected chi connectivity index (χ3v) is 2.71. The van der Waals surface area contributed by atoms with Crippen molar-refractivity contribution in [1.82, 2.24) is 4.72 Å². The van der Waals surface area contributed by atoms with Crippen LogP contribution in [0.15, 0.2) is 24.3 Å². The molecule has 0 heterocycles. The average Bonchev–Trinajstić information content (AvgIpc) is 2.14. The van der Waals surface area contributed by atoms with Crippen LogP contribution in [0.5, 0.6) is 0 Å². The van der Waals surface area contributed by atoms with Crippen LogP contribution in [-0.2, 0) is 16.6 Å². The fourth-order valence-corrected chi connectivity index (χ4v) is 1.58. The zero-order valence-corrected chi connectivity index (χ0v) is 9.71. The Labute approximate surface area is 90.5 Å². The van der Waals surface area contributed by atoms with Gasteiger partial charge in [0.05, 0.1) is 6.26 Å². The molecular formula is C10H16N2O2S. The molecule has 1 atom stereocenters. The molecule has 1 aromatic rings. The van der Waals surface area contributed by atoms with Gasteiger partial charge in [-0.15, -0.1) is 0 Å². The number of sulfonamides is 1. The maximum Gasteiger partial charge on any atom is 0.209 e. The van der Waals surface area contributed by atoms with Crippen LogP contribution in [0, 0.1) is 0 Å². The molecule has 5 heteroatoms. The molecule has 0 aromatic heterocycles. The van der Waals surface area contributed by atoms with Gasteiger partial charge in [0.1, 0.15) is 0 Å². The highest BCUT2D eigenvalue weighted by atomic mass is 32.2. The number of nitrogens with one attached hydrogen (secondary N) is 1. The molecule has 1 rings (SSSR count). The molecule has 84 valence electrons. The van der Waals surface area contributed by atoms with Gasteiger partial charge in [-0.05, 0) is 18.1 Å². The fraction of sp³-hybridized carbons (Fsp3) is 0.400. The Hall–Kier alpha value is -0.910. The first-order valence-electron chi connectivity index (χ1n) is 4.67. The lowest BCUT2D eigenvalue weighted by Gasteiger charge is -2.07. The van der Waals surface area contributed by atoms with Gasteiger partial charge in [-0.25, -0.2) is 13.1 Å². The quantitative estimate of drug-likeness (QED) is 0.799. The minimum atomic E-state index is -3.12. The maximum absolute atomic E-state index is 10.8. The van der Waals surface area contributed by atoms with E-state index >= 15 is 0 Å². The number of rotatable bonds is 4. The van der Waals surface area contributed by atoms with E-state index in [-0.39, 0.29) is 6.04 Å². The summed E-state index contributed by atoms with van der Waals surface area (Å²) in [6.45, 7) is 2.22. The third-order valence-electron chi connectivity index (χ3n) is 2.04. The molecule has 1 unspecified atom stereocenters. The second-order valence-electron chi connectivity index (χ2n) is 3.62. The van der Waals surface area contributed by atoms with Crippen LogP contribution in [0.1, 0.15) is 24.1 Å². The molecule has 0 spiro atoms. The second-order valence-corrected chi connectivity index (χ2v) is 5.46. The van der Waals surface area contributed by atoms with Crippen LogP contribution in [0.25, 0.3) is 0 Å². The van der Waals surface area contributed by atoms with Crippen LogP contribution in [0.3, 0.4) is 0 Å². The van der Waals surface area contributed by atoms with Gasteiger partial charge in [-0.2, -0.15) is 0 Å². The molecule has 0 aliphatic carbocycles. The summed E-state index contributed by atoms with van der Waals surface area (Å²) in [7, 11) is -3.12. The van der Waals surface area contributed by atoms with Crippen molar-refractivity contribution in [2.75, 3.05) is 6.26 Å². The summed E-state index contributed by atoms with van der Waals surface area (Å²) < 4.78 is 24.1. The summed E-state index contributed by atoms with van der Waals surface area (Å²) in [6, 6.07) is 7.56. The summed E-state index contributed by atoms with van der Waals surface area (Å²) in [5, 5.41) is 0. The van der Waals surface area contributed by atoms with E-state index in [2.05, 4.69) is 4.72 Å². The fourth-order valence-electron chi connectivity index (χ4n) is 1.15. The Morgan fingerprint density at radius 1 is 1.33 bits per heavy atom. The lowest BCUT2D eigenvalue weighted by Crippen LogP contribution is -2.21. The number of nitrogens with two attached hydrogens (primary N) is 1.